The molecule has 0 saturated heterocycles. The second kappa shape index (κ2) is 21.2. The van der Waals surface area contributed by atoms with Crippen molar-refractivity contribution in [3.63, 3.8) is 0 Å². The minimum atomic E-state index is -0.800. The van der Waals surface area contributed by atoms with Gasteiger partial charge in [-0.25, -0.2) is 14.0 Å². The Labute approximate surface area is 275 Å². The number of carbonyl (C=O) groups is 2. The molecule has 3 aromatic carbocycles. The highest BCUT2D eigenvalue weighted by atomic mass is 19.1. The third-order valence-electron chi connectivity index (χ3n) is 8.22. The Kier molecular flexibility index (Phi) is 16.9. The van der Waals surface area contributed by atoms with Crippen molar-refractivity contribution in [2.75, 3.05) is 6.61 Å². The Morgan fingerprint density at radius 1 is 0.630 bits per heavy atom. The zero-order valence-electron chi connectivity index (χ0n) is 28.2. The van der Waals surface area contributed by atoms with Gasteiger partial charge in [-0.1, -0.05) is 115 Å². The van der Waals surface area contributed by atoms with E-state index >= 15 is 0 Å². The van der Waals surface area contributed by atoms with E-state index in [0.29, 0.717) is 5.56 Å². The van der Waals surface area contributed by atoms with Gasteiger partial charge in [-0.05, 0) is 79.8 Å². The number of unbranched alkanes of at least 4 members (excludes halogenated alkanes) is 12. The summed E-state index contributed by atoms with van der Waals surface area (Å²) in [7, 11) is 0. The Morgan fingerprint density at radius 2 is 1.15 bits per heavy atom. The second-order valence-electron chi connectivity index (χ2n) is 12.2. The molecule has 0 fully saturated rings. The van der Waals surface area contributed by atoms with Crippen molar-refractivity contribution < 1.29 is 28.2 Å². The lowest BCUT2D eigenvalue weighted by Crippen LogP contribution is -2.15. The molecule has 0 aromatic heterocycles. The van der Waals surface area contributed by atoms with E-state index in [2.05, 4.69) is 13.8 Å². The first-order valence-electron chi connectivity index (χ1n) is 17.5. The van der Waals surface area contributed by atoms with Crippen LogP contribution in [0.25, 0.3) is 11.1 Å². The van der Waals surface area contributed by atoms with E-state index in [9.17, 15) is 14.0 Å². The molecular weight excluding hydrogens is 579 g/mol. The van der Waals surface area contributed by atoms with E-state index in [1.54, 1.807) is 12.1 Å². The van der Waals surface area contributed by atoms with Crippen LogP contribution < -0.4 is 9.47 Å². The molecule has 3 rings (SSSR count). The minimum Gasteiger partial charge on any atom is -0.494 e. The van der Waals surface area contributed by atoms with Crippen LogP contribution in [0.1, 0.15) is 138 Å². The van der Waals surface area contributed by atoms with E-state index in [4.69, 9.17) is 14.2 Å². The SMILES string of the molecule is CCCCCCCCCCCCOc1ccc(-c2ccc(C(=O)Oc3ccc(C(=O)OC(C)CCCCCC)cc3F)cc2)cc1. The van der Waals surface area contributed by atoms with Crippen molar-refractivity contribution >= 4 is 11.9 Å². The molecular formula is C40H53FO5. The second-order valence-corrected chi connectivity index (χ2v) is 12.2. The third kappa shape index (κ3) is 13.4. The van der Waals surface area contributed by atoms with Gasteiger partial charge >= 0.3 is 11.9 Å². The lowest BCUT2D eigenvalue weighted by molar-refractivity contribution is 0.0319. The normalized spacial score (nSPS) is 11.7. The number of benzene rings is 3. The Hall–Kier alpha value is -3.67. The molecule has 0 radical (unpaired) electrons. The van der Waals surface area contributed by atoms with E-state index < -0.39 is 17.8 Å². The molecule has 5 nitrogen and oxygen atoms in total. The van der Waals surface area contributed by atoms with Crippen LogP contribution in [-0.4, -0.2) is 24.6 Å². The summed E-state index contributed by atoms with van der Waals surface area (Å²) in [5.74, 6) is -1.48. The van der Waals surface area contributed by atoms with Crippen LogP contribution in [0.4, 0.5) is 4.39 Å². The molecule has 0 N–H and O–H groups in total. The van der Waals surface area contributed by atoms with Crippen LogP contribution in [0, 0.1) is 5.82 Å². The molecule has 0 saturated carbocycles. The van der Waals surface area contributed by atoms with Crippen molar-refractivity contribution in [1.82, 2.24) is 0 Å². The van der Waals surface area contributed by atoms with E-state index in [-0.39, 0.29) is 17.4 Å². The molecule has 0 aliphatic carbocycles. The molecule has 0 aliphatic rings. The first-order chi connectivity index (χ1) is 22.4. The van der Waals surface area contributed by atoms with Crippen LogP contribution in [0.5, 0.6) is 11.5 Å². The molecule has 0 heterocycles. The third-order valence-corrected chi connectivity index (χ3v) is 8.22. The van der Waals surface area contributed by atoms with E-state index in [1.165, 1.54) is 69.9 Å². The summed E-state index contributed by atoms with van der Waals surface area (Å²) >= 11 is 0. The van der Waals surface area contributed by atoms with Gasteiger partial charge in [-0.3, -0.25) is 0 Å². The Balaban J connectivity index is 1.40. The molecule has 1 unspecified atom stereocenters. The number of rotatable bonds is 22. The monoisotopic (exact) mass is 632 g/mol. The summed E-state index contributed by atoms with van der Waals surface area (Å²) in [6, 6.07) is 18.6. The molecule has 250 valence electrons. The summed E-state index contributed by atoms with van der Waals surface area (Å²) in [6.07, 6.45) is 17.9. The number of hydrogen-bond acceptors (Lipinski definition) is 5. The van der Waals surface area contributed by atoms with Crippen molar-refractivity contribution in [2.45, 2.75) is 123 Å². The van der Waals surface area contributed by atoms with Crippen LogP contribution in [0.15, 0.2) is 66.7 Å². The lowest BCUT2D eigenvalue weighted by atomic mass is 10.0. The van der Waals surface area contributed by atoms with Crippen LogP contribution in [0.3, 0.4) is 0 Å². The maximum absolute atomic E-state index is 14.7. The maximum atomic E-state index is 14.7. The highest BCUT2D eigenvalue weighted by Crippen LogP contribution is 2.25. The topological polar surface area (TPSA) is 61.8 Å². The van der Waals surface area contributed by atoms with Gasteiger partial charge in [0.05, 0.1) is 23.8 Å². The molecule has 3 aromatic rings. The molecule has 0 spiro atoms. The van der Waals surface area contributed by atoms with Gasteiger partial charge < -0.3 is 14.2 Å². The number of carbonyl (C=O) groups excluding carboxylic acids is 2. The van der Waals surface area contributed by atoms with Crippen LogP contribution >= 0.6 is 0 Å². The van der Waals surface area contributed by atoms with E-state index in [0.717, 1.165) is 68.1 Å². The Morgan fingerprint density at radius 3 is 1.74 bits per heavy atom. The highest BCUT2D eigenvalue weighted by Gasteiger charge is 2.17. The van der Waals surface area contributed by atoms with E-state index in [1.807, 2.05) is 43.3 Å². The quantitative estimate of drug-likeness (QED) is 0.0626. The number of ether oxygens (including phenoxy) is 3. The molecule has 0 bridgehead atoms. The van der Waals surface area contributed by atoms with Crippen molar-refractivity contribution in [3.8, 4) is 22.6 Å². The standard InChI is InChI=1S/C40H53FO5/c1-4-6-8-10-11-12-13-14-15-17-29-44-36-26-23-33(24-27-36)32-19-21-34(22-20-32)39(42)46-38-28-25-35(30-37(38)41)40(43)45-31(3)18-16-9-7-5-2/h19-28,30-31H,4-18,29H2,1-3H3. The maximum Gasteiger partial charge on any atom is 0.343 e. The predicted octanol–water partition coefficient (Wildman–Crippen LogP) is 11.5. The predicted molar refractivity (Wildman–Crippen MR) is 184 cm³/mol. The highest BCUT2D eigenvalue weighted by molar-refractivity contribution is 5.92. The van der Waals surface area contributed by atoms with Gasteiger partial charge in [0.1, 0.15) is 5.75 Å². The first kappa shape index (κ1) is 36.8. The Bertz CT molecular complexity index is 1300. The molecule has 1 atom stereocenters. The van der Waals surface area contributed by atoms with Gasteiger partial charge in [-0.15, -0.1) is 0 Å². The lowest BCUT2D eigenvalue weighted by Gasteiger charge is -2.13. The number of halogens is 1. The minimum absolute atomic E-state index is 0.0808. The molecule has 46 heavy (non-hydrogen) atoms. The average Bonchev–Trinajstić information content (AvgIpc) is 3.07. The van der Waals surface area contributed by atoms with Gasteiger partial charge in [0.25, 0.3) is 0 Å². The molecule has 6 heteroatoms. The average molecular weight is 633 g/mol. The largest absolute Gasteiger partial charge is 0.494 e. The fourth-order valence-corrected chi connectivity index (χ4v) is 5.36. The fraction of sp³-hybridized carbons (Fsp3) is 0.500. The number of esters is 2. The summed E-state index contributed by atoms with van der Waals surface area (Å²) < 4.78 is 31.4. The van der Waals surface area contributed by atoms with Crippen molar-refractivity contribution in [1.29, 1.82) is 0 Å². The number of hydrogen-bond donors (Lipinski definition) is 0. The first-order valence-corrected chi connectivity index (χ1v) is 17.5. The van der Waals surface area contributed by atoms with Gasteiger partial charge in [0, 0.05) is 0 Å². The van der Waals surface area contributed by atoms with Gasteiger partial charge in [0.2, 0.25) is 0 Å². The zero-order valence-corrected chi connectivity index (χ0v) is 28.2. The van der Waals surface area contributed by atoms with Gasteiger partial charge in [0.15, 0.2) is 11.6 Å². The fourth-order valence-electron chi connectivity index (χ4n) is 5.36. The van der Waals surface area contributed by atoms with Crippen molar-refractivity contribution in [3.05, 3.63) is 83.7 Å². The zero-order chi connectivity index (χ0) is 33.0. The van der Waals surface area contributed by atoms with Gasteiger partial charge in [-0.2, -0.15) is 0 Å². The van der Waals surface area contributed by atoms with Crippen molar-refractivity contribution in [2.24, 2.45) is 0 Å². The summed E-state index contributed by atoms with van der Waals surface area (Å²) in [6.45, 7) is 6.96. The summed E-state index contributed by atoms with van der Waals surface area (Å²) in [4.78, 5) is 25.2. The van der Waals surface area contributed by atoms with Crippen LogP contribution in [-0.2, 0) is 4.74 Å². The summed E-state index contributed by atoms with van der Waals surface area (Å²) in [5.41, 5.74) is 2.30. The summed E-state index contributed by atoms with van der Waals surface area (Å²) in [5, 5.41) is 0. The van der Waals surface area contributed by atoms with Crippen LogP contribution in [0.2, 0.25) is 0 Å². The smallest absolute Gasteiger partial charge is 0.343 e. The molecule has 0 amide bonds. The molecule has 0 aliphatic heterocycles.